The van der Waals surface area contributed by atoms with Crippen molar-refractivity contribution in [2.75, 3.05) is 7.05 Å². The molecule has 0 saturated heterocycles. The van der Waals surface area contributed by atoms with Gasteiger partial charge in [0.1, 0.15) is 12.4 Å². The second-order valence-electron chi connectivity index (χ2n) is 5.50. The summed E-state index contributed by atoms with van der Waals surface area (Å²) in [5.41, 5.74) is 4.83. The van der Waals surface area contributed by atoms with Crippen LogP contribution in [0.5, 0.6) is 5.75 Å². The Bertz CT molecular complexity index is 607. The number of hydrogen-bond acceptors (Lipinski definition) is 3. The molecule has 0 aromatic heterocycles. The van der Waals surface area contributed by atoms with Crippen molar-refractivity contribution < 1.29 is 9.84 Å². The van der Waals surface area contributed by atoms with Crippen LogP contribution in [-0.4, -0.2) is 12.2 Å². The molecule has 0 amide bonds. The van der Waals surface area contributed by atoms with Crippen molar-refractivity contribution in [1.82, 2.24) is 5.32 Å². The Morgan fingerprint density at radius 1 is 1.14 bits per heavy atom. The summed E-state index contributed by atoms with van der Waals surface area (Å²) in [6, 6.07) is 14.7. The third-order valence-electron chi connectivity index (χ3n) is 4.15. The monoisotopic (exact) mass is 283 g/mol. The molecule has 0 spiro atoms. The maximum Gasteiger partial charge on any atom is 0.120 e. The Hall–Kier alpha value is -1.84. The highest BCUT2D eigenvalue weighted by atomic mass is 16.5. The molecule has 21 heavy (non-hydrogen) atoms. The van der Waals surface area contributed by atoms with Gasteiger partial charge in [-0.2, -0.15) is 0 Å². The quantitative estimate of drug-likeness (QED) is 0.886. The maximum atomic E-state index is 9.03. The van der Waals surface area contributed by atoms with Crippen LogP contribution in [0.2, 0.25) is 0 Å². The first-order chi connectivity index (χ1) is 10.3. The Labute approximate surface area is 125 Å². The minimum Gasteiger partial charge on any atom is -0.489 e. The number of nitrogens with one attached hydrogen (secondary N) is 1. The molecule has 0 heterocycles. The fraction of sp³-hybridized carbons (Fsp3) is 0.333. The molecule has 1 atom stereocenters. The number of hydrogen-bond donors (Lipinski definition) is 2. The standard InChI is InChI=1S/C18H21NO2/c1-19-18-9-6-15-10-16(7-8-17(15)18)21-12-14-4-2-13(11-20)3-5-14/h2-5,7-8,10,18-20H,6,9,11-12H2,1H3. The van der Waals surface area contributed by atoms with Crippen LogP contribution < -0.4 is 10.1 Å². The van der Waals surface area contributed by atoms with Crippen LogP contribution in [0.3, 0.4) is 0 Å². The third-order valence-corrected chi connectivity index (χ3v) is 4.15. The second kappa shape index (κ2) is 6.29. The molecule has 0 fully saturated rings. The molecule has 2 aromatic carbocycles. The molecule has 0 saturated carbocycles. The van der Waals surface area contributed by atoms with Crippen molar-refractivity contribution in [3.05, 3.63) is 64.7 Å². The van der Waals surface area contributed by atoms with Crippen molar-refractivity contribution >= 4 is 0 Å². The van der Waals surface area contributed by atoms with Gasteiger partial charge in [-0.15, -0.1) is 0 Å². The number of aryl methyl sites for hydroxylation is 1. The summed E-state index contributed by atoms with van der Waals surface area (Å²) >= 11 is 0. The molecule has 1 unspecified atom stereocenters. The molecule has 3 heteroatoms. The van der Waals surface area contributed by atoms with Gasteiger partial charge in [-0.3, -0.25) is 0 Å². The van der Waals surface area contributed by atoms with Gasteiger partial charge in [-0.05, 0) is 54.3 Å². The van der Waals surface area contributed by atoms with Gasteiger partial charge >= 0.3 is 0 Å². The number of aliphatic hydroxyl groups excluding tert-OH is 1. The summed E-state index contributed by atoms with van der Waals surface area (Å²) in [5, 5.41) is 12.4. The lowest BCUT2D eigenvalue weighted by Gasteiger charge is -2.11. The molecule has 2 aromatic rings. The van der Waals surface area contributed by atoms with Crippen LogP contribution in [0.25, 0.3) is 0 Å². The number of fused-ring (bicyclic) bond motifs is 1. The van der Waals surface area contributed by atoms with Gasteiger partial charge in [0.25, 0.3) is 0 Å². The van der Waals surface area contributed by atoms with E-state index >= 15 is 0 Å². The van der Waals surface area contributed by atoms with Crippen molar-refractivity contribution in [3.63, 3.8) is 0 Å². The zero-order valence-corrected chi connectivity index (χ0v) is 12.3. The van der Waals surface area contributed by atoms with E-state index in [1.165, 1.54) is 11.1 Å². The predicted molar refractivity (Wildman–Crippen MR) is 83.3 cm³/mol. The van der Waals surface area contributed by atoms with Gasteiger partial charge in [0.2, 0.25) is 0 Å². The van der Waals surface area contributed by atoms with Gasteiger partial charge in [0.15, 0.2) is 0 Å². The number of benzene rings is 2. The second-order valence-corrected chi connectivity index (χ2v) is 5.50. The van der Waals surface area contributed by atoms with E-state index in [1.807, 2.05) is 31.3 Å². The van der Waals surface area contributed by atoms with E-state index in [2.05, 4.69) is 23.5 Å². The lowest BCUT2D eigenvalue weighted by atomic mass is 10.1. The Kier molecular flexibility index (Phi) is 4.23. The minimum absolute atomic E-state index is 0.0819. The fourth-order valence-corrected chi connectivity index (χ4v) is 2.89. The smallest absolute Gasteiger partial charge is 0.120 e. The van der Waals surface area contributed by atoms with Crippen LogP contribution in [-0.2, 0) is 19.6 Å². The molecule has 1 aliphatic rings. The van der Waals surface area contributed by atoms with Crippen molar-refractivity contribution in [1.29, 1.82) is 0 Å². The molecular formula is C18H21NO2. The summed E-state index contributed by atoms with van der Waals surface area (Å²) < 4.78 is 5.88. The highest BCUT2D eigenvalue weighted by Gasteiger charge is 2.20. The molecule has 1 aliphatic carbocycles. The van der Waals surface area contributed by atoms with E-state index < -0.39 is 0 Å². The third kappa shape index (κ3) is 3.09. The SMILES string of the molecule is CNC1CCc2cc(OCc3ccc(CO)cc3)ccc21. The normalized spacial score (nSPS) is 16.8. The average Bonchev–Trinajstić information content (AvgIpc) is 2.95. The highest BCUT2D eigenvalue weighted by Crippen LogP contribution is 2.33. The molecule has 2 N–H and O–H groups in total. The van der Waals surface area contributed by atoms with E-state index in [1.54, 1.807) is 0 Å². The van der Waals surface area contributed by atoms with Crippen LogP contribution in [0.1, 0.15) is 34.7 Å². The number of aliphatic hydroxyl groups is 1. The molecule has 3 rings (SSSR count). The molecule has 0 radical (unpaired) electrons. The summed E-state index contributed by atoms with van der Waals surface area (Å²) in [6.45, 7) is 0.637. The molecule has 0 aliphatic heterocycles. The first-order valence-electron chi connectivity index (χ1n) is 7.41. The van der Waals surface area contributed by atoms with Gasteiger partial charge in [-0.25, -0.2) is 0 Å². The zero-order valence-electron chi connectivity index (χ0n) is 12.3. The maximum absolute atomic E-state index is 9.03. The van der Waals surface area contributed by atoms with Gasteiger partial charge in [0.05, 0.1) is 6.61 Å². The largest absolute Gasteiger partial charge is 0.489 e. The highest BCUT2D eigenvalue weighted by molar-refractivity contribution is 5.40. The van der Waals surface area contributed by atoms with E-state index in [0.717, 1.165) is 29.7 Å². The average molecular weight is 283 g/mol. The molecule has 110 valence electrons. The van der Waals surface area contributed by atoms with Gasteiger partial charge in [0, 0.05) is 6.04 Å². The van der Waals surface area contributed by atoms with Crippen LogP contribution in [0.15, 0.2) is 42.5 Å². The summed E-state index contributed by atoms with van der Waals surface area (Å²) in [4.78, 5) is 0. The molecule has 0 bridgehead atoms. The van der Waals surface area contributed by atoms with Crippen LogP contribution in [0, 0.1) is 0 Å². The Morgan fingerprint density at radius 3 is 2.62 bits per heavy atom. The van der Waals surface area contributed by atoms with E-state index in [4.69, 9.17) is 9.84 Å². The summed E-state index contributed by atoms with van der Waals surface area (Å²) in [5.74, 6) is 0.928. The topological polar surface area (TPSA) is 41.5 Å². The number of ether oxygens (including phenoxy) is 1. The summed E-state index contributed by atoms with van der Waals surface area (Å²) in [6.07, 6.45) is 2.28. The molecule has 3 nitrogen and oxygen atoms in total. The number of rotatable bonds is 5. The van der Waals surface area contributed by atoms with Crippen molar-refractivity contribution in [3.8, 4) is 5.75 Å². The fourth-order valence-electron chi connectivity index (χ4n) is 2.89. The van der Waals surface area contributed by atoms with Crippen molar-refractivity contribution in [2.24, 2.45) is 0 Å². The van der Waals surface area contributed by atoms with E-state index in [0.29, 0.717) is 12.6 Å². The molecular weight excluding hydrogens is 262 g/mol. The van der Waals surface area contributed by atoms with Gasteiger partial charge < -0.3 is 15.2 Å². The summed E-state index contributed by atoms with van der Waals surface area (Å²) in [7, 11) is 2.01. The van der Waals surface area contributed by atoms with Crippen LogP contribution >= 0.6 is 0 Å². The first kappa shape index (κ1) is 14.1. The van der Waals surface area contributed by atoms with Gasteiger partial charge in [-0.1, -0.05) is 30.3 Å². The lowest BCUT2D eigenvalue weighted by molar-refractivity contribution is 0.281. The zero-order chi connectivity index (χ0) is 14.7. The Balaban J connectivity index is 1.65. The first-order valence-corrected chi connectivity index (χ1v) is 7.41. The van der Waals surface area contributed by atoms with E-state index in [-0.39, 0.29) is 6.61 Å². The van der Waals surface area contributed by atoms with Crippen molar-refractivity contribution in [2.45, 2.75) is 32.1 Å². The predicted octanol–water partition coefficient (Wildman–Crippen LogP) is 2.96. The van der Waals surface area contributed by atoms with E-state index in [9.17, 15) is 0 Å². The van der Waals surface area contributed by atoms with Crippen LogP contribution in [0.4, 0.5) is 0 Å². The lowest BCUT2D eigenvalue weighted by Crippen LogP contribution is -2.12. The Morgan fingerprint density at radius 2 is 1.90 bits per heavy atom. The minimum atomic E-state index is 0.0819.